The second kappa shape index (κ2) is 10.5. The summed E-state index contributed by atoms with van der Waals surface area (Å²) in [6.45, 7) is 5.91. The quantitative estimate of drug-likeness (QED) is 0.485. The largest absolute Gasteiger partial charge is 0.497 e. The Bertz CT molecular complexity index is 1210. The molecule has 1 aromatic heterocycles. The minimum Gasteiger partial charge on any atom is -0.497 e. The van der Waals surface area contributed by atoms with Gasteiger partial charge >= 0.3 is 0 Å². The first kappa shape index (κ1) is 24.1. The molecule has 1 fully saturated rings. The number of H-pyrrole nitrogens is 1. The molecule has 1 aliphatic rings. The number of carbonyl (C=O) groups is 3. The molecule has 1 unspecified atom stereocenters. The van der Waals surface area contributed by atoms with Crippen molar-refractivity contribution in [3.63, 3.8) is 0 Å². The summed E-state index contributed by atoms with van der Waals surface area (Å²) in [5.74, 6) is 0.284. The lowest BCUT2D eigenvalue weighted by atomic mass is 10.1. The Balaban J connectivity index is 1.33. The summed E-state index contributed by atoms with van der Waals surface area (Å²) in [5.41, 5.74) is 3.04. The zero-order valence-electron chi connectivity index (χ0n) is 20.3. The number of nitrogens with zero attached hydrogens (tertiary/aromatic N) is 2. The molecule has 1 aliphatic heterocycles. The van der Waals surface area contributed by atoms with Crippen molar-refractivity contribution in [1.82, 2.24) is 15.2 Å². The van der Waals surface area contributed by atoms with Gasteiger partial charge in [0.15, 0.2) is 0 Å². The Kier molecular flexibility index (Phi) is 7.24. The smallest absolute Gasteiger partial charge is 0.272 e. The third-order valence-electron chi connectivity index (χ3n) is 6.24. The van der Waals surface area contributed by atoms with Gasteiger partial charge in [0.05, 0.1) is 7.11 Å². The number of hydrogen-bond acceptors (Lipinski definition) is 5. The molecule has 0 aliphatic carbocycles. The van der Waals surface area contributed by atoms with Gasteiger partial charge in [0.25, 0.3) is 5.91 Å². The van der Waals surface area contributed by atoms with E-state index in [-0.39, 0.29) is 17.7 Å². The summed E-state index contributed by atoms with van der Waals surface area (Å²) in [6, 6.07) is 14.7. The number of nitrogens with one attached hydrogen (secondary N) is 3. The highest BCUT2D eigenvalue weighted by Crippen LogP contribution is 2.23. The number of benzene rings is 2. The van der Waals surface area contributed by atoms with Gasteiger partial charge in [0.1, 0.15) is 17.5 Å². The summed E-state index contributed by atoms with van der Waals surface area (Å²) in [5, 5.41) is 6.59. The van der Waals surface area contributed by atoms with E-state index in [9.17, 15) is 14.4 Å². The summed E-state index contributed by atoms with van der Waals surface area (Å²) in [6.07, 6.45) is 0.568. The number of methoxy groups -OCH3 is 1. The lowest BCUT2D eigenvalue weighted by Crippen LogP contribution is -2.54. The molecule has 1 saturated heterocycles. The molecule has 0 spiro atoms. The number of carbonyl (C=O) groups excluding carboxylic acids is 3. The fourth-order valence-corrected chi connectivity index (χ4v) is 4.30. The summed E-state index contributed by atoms with van der Waals surface area (Å²) in [7, 11) is 1.61. The van der Waals surface area contributed by atoms with Gasteiger partial charge in [-0.05, 0) is 48.9 Å². The van der Waals surface area contributed by atoms with Crippen molar-refractivity contribution in [3.05, 3.63) is 54.2 Å². The number of aromatic nitrogens is 1. The Hall–Kier alpha value is -4.01. The van der Waals surface area contributed by atoms with Gasteiger partial charge in [0.2, 0.25) is 11.8 Å². The fraction of sp³-hybridized carbons (Fsp3) is 0.346. The van der Waals surface area contributed by atoms with Crippen LogP contribution in [0, 0.1) is 0 Å². The van der Waals surface area contributed by atoms with Crippen LogP contribution in [0.25, 0.3) is 10.9 Å². The van der Waals surface area contributed by atoms with Crippen LogP contribution in [0.4, 0.5) is 11.4 Å². The van der Waals surface area contributed by atoms with Crippen molar-refractivity contribution in [2.24, 2.45) is 0 Å². The number of ether oxygens (including phenoxy) is 1. The first-order valence-corrected chi connectivity index (χ1v) is 11.8. The maximum absolute atomic E-state index is 12.7. The van der Waals surface area contributed by atoms with Crippen molar-refractivity contribution in [3.8, 4) is 5.75 Å². The average Bonchev–Trinajstić information content (AvgIpc) is 3.31. The molecule has 3 amide bonds. The second-order valence-corrected chi connectivity index (χ2v) is 8.61. The topological polar surface area (TPSA) is 107 Å². The van der Waals surface area contributed by atoms with E-state index in [1.54, 1.807) is 7.11 Å². The van der Waals surface area contributed by atoms with Gasteiger partial charge in [-0.2, -0.15) is 0 Å². The minimum atomic E-state index is -0.471. The van der Waals surface area contributed by atoms with Gasteiger partial charge < -0.3 is 30.2 Å². The minimum absolute atomic E-state index is 0.0316. The van der Waals surface area contributed by atoms with Gasteiger partial charge in [-0.3, -0.25) is 14.4 Å². The number of rotatable bonds is 7. The summed E-state index contributed by atoms with van der Waals surface area (Å²) >= 11 is 0. The summed E-state index contributed by atoms with van der Waals surface area (Å²) < 4.78 is 5.24. The van der Waals surface area contributed by atoms with E-state index in [1.165, 1.54) is 6.92 Å². The Morgan fingerprint density at radius 3 is 2.37 bits per heavy atom. The van der Waals surface area contributed by atoms with E-state index in [4.69, 9.17) is 4.74 Å². The predicted molar refractivity (Wildman–Crippen MR) is 136 cm³/mol. The molecule has 184 valence electrons. The fourth-order valence-electron chi connectivity index (χ4n) is 4.30. The van der Waals surface area contributed by atoms with E-state index >= 15 is 0 Å². The van der Waals surface area contributed by atoms with Gasteiger partial charge in [0, 0.05) is 61.4 Å². The summed E-state index contributed by atoms with van der Waals surface area (Å²) in [4.78, 5) is 43.9. The van der Waals surface area contributed by atoms with E-state index in [0.717, 1.165) is 22.3 Å². The van der Waals surface area contributed by atoms with Gasteiger partial charge in [-0.15, -0.1) is 0 Å². The van der Waals surface area contributed by atoms with Crippen LogP contribution in [0.1, 0.15) is 30.8 Å². The maximum Gasteiger partial charge on any atom is 0.272 e. The third kappa shape index (κ3) is 5.56. The SMILES string of the molecule is CCC(NC(C)=O)C(=O)N1CCN(c2ccc(NC(=O)c3cc4ccc(OC)cc4[nH]3)cc2)CC1. The third-order valence-corrected chi connectivity index (χ3v) is 6.24. The Morgan fingerprint density at radius 2 is 1.74 bits per heavy atom. The highest BCUT2D eigenvalue weighted by Gasteiger charge is 2.27. The molecule has 0 bridgehead atoms. The molecule has 3 N–H and O–H groups in total. The highest BCUT2D eigenvalue weighted by molar-refractivity contribution is 6.06. The van der Waals surface area contributed by atoms with Gasteiger partial charge in [-0.25, -0.2) is 0 Å². The second-order valence-electron chi connectivity index (χ2n) is 8.61. The van der Waals surface area contributed by atoms with Gasteiger partial charge in [-0.1, -0.05) is 6.92 Å². The van der Waals surface area contributed by atoms with Crippen LogP contribution < -0.4 is 20.3 Å². The van der Waals surface area contributed by atoms with E-state index in [1.807, 2.05) is 60.4 Å². The van der Waals surface area contributed by atoms with Crippen LogP contribution in [0.5, 0.6) is 5.75 Å². The molecule has 35 heavy (non-hydrogen) atoms. The zero-order valence-corrected chi connectivity index (χ0v) is 20.3. The molecule has 3 aromatic rings. The molecular weight excluding hydrogens is 446 g/mol. The van der Waals surface area contributed by atoms with Crippen molar-refractivity contribution < 1.29 is 19.1 Å². The molecule has 2 aromatic carbocycles. The van der Waals surface area contributed by atoms with Crippen LogP contribution in [0.2, 0.25) is 0 Å². The molecule has 9 nitrogen and oxygen atoms in total. The highest BCUT2D eigenvalue weighted by atomic mass is 16.5. The molecule has 2 heterocycles. The molecule has 0 radical (unpaired) electrons. The average molecular weight is 478 g/mol. The van der Waals surface area contributed by atoms with Crippen LogP contribution in [-0.2, 0) is 9.59 Å². The van der Waals surface area contributed by atoms with Crippen LogP contribution in [-0.4, -0.2) is 66.9 Å². The molecule has 1 atom stereocenters. The van der Waals surface area contributed by atoms with E-state index in [2.05, 4.69) is 20.5 Å². The molecule has 4 rings (SSSR count). The predicted octanol–water partition coefficient (Wildman–Crippen LogP) is 2.99. The number of anilines is 2. The van der Waals surface area contributed by atoms with E-state index in [0.29, 0.717) is 44.0 Å². The lowest BCUT2D eigenvalue weighted by molar-refractivity contribution is -0.136. The van der Waals surface area contributed by atoms with Crippen molar-refractivity contribution in [1.29, 1.82) is 0 Å². The number of hydrogen-bond donors (Lipinski definition) is 3. The lowest BCUT2D eigenvalue weighted by Gasteiger charge is -2.37. The zero-order chi connectivity index (χ0) is 24.9. The van der Waals surface area contributed by atoms with Crippen molar-refractivity contribution in [2.45, 2.75) is 26.3 Å². The number of amides is 3. The van der Waals surface area contributed by atoms with E-state index < -0.39 is 6.04 Å². The van der Waals surface area contributed by atoms with Crippen LogP contribution >= 0.6 is 0 Å². The van der Waals surface area contributed by atoms with Crippen molar-refractivity contribution in [2.75, 3.05) is 43.5 Å². The monoisotopic (exact) mass is 477 g/mol. The number of piperazine rings is 1. The van der Waals surface area contributed by atoms with Crippen LogP contribution in [0.15, 0.2) is 48.5 Å². The van der Waals surface area contributed by atoms with Crippen molar-refractivity contribution >= 4 is 40.0 Å². The van der Waals surface area contributed by atoms with Crippen LogP contribution in [0.3, 0.4) is 0 Å². The number of aromatic amines is 1. The Labute approximate surface area is 204 Å². The normalized spacial score (nSPS) is 14.5. The molecular formula is C26H31N5O4. The first-order chi connectivity index (χ1) is 16.9. The Morgan fingerprint density at radius 1 is 1.03 bits per heavy atom. The standard InChI is InChI=1S/C26H31N5O4/c1-4-22(27-17(2)32)26(34)31-13-11-30(12-14-31)20-8-6-19(7-9-20)28-25(33)24-15-18-5-10-21(35-3)16-23(18)29-24/h5-10,15-16,22,29H,4,11-14H2,1-3H3,(H,27,32)(H,28,33). The molecule has 9 heteroatoms. The number of fused-ring (bicyclic) bond motifs is 1. The first-order valence-electron chi connectivity index (χ1n) is 11.8. The molecule has 0 saturated carbocycles. The maximum atomic E-state index is 12.7.